The molecule has 0 atom stereocenters. The van der Waals surface area contributed by atoms with Crippen molar-refractivity contribution < 1.29 is 18.6 Å². The van der Waals surface area contributed by atoms with Gasteiger partial charge in [-0.05, 0) is 43.2 Å². The van der Waals surface area contributed by atoms with E-state index in [-0.39, 0.29) is 0 Å². The van der Waals surface area contributed by atoms with E-state index < -0.39 is 0 Å². The number of hydrogen-bond acceptors (Lipinski definition) is 7. The first-order chi connectivity index (χ1) is 15.5. The fraction of sp³-hybridized carbons (Fsp3) is 0.400. The van der Waals surface area contributed by atoms with Gasteiger partial charge in [-0.3, -0.25) is 4.90 Å². The molecule has 0 amide bonds. The van der Waals surface area contributed by atoms with Crippen molar-refractivity contribution >= 4 is 5.69 Å². The quantitative estimate of drug-likeness (QED) is 0.546. The van der Waals surface area contributed by atoms with Crippen molar-refractivity contribution in [2.45, 2.75) is 20.4 Å². The summed E-state index contributed by atoms with van der Waals surface area (Å²) >= 11 is 0. The molecular weight excluding hydrogens is 406 g/mol. The van der Waals surface area contributed by atoms with Crippen LogP contribution in [0, 0.1) is 13.8 Å². The van der Waals surface area contributed by atoms with Crippen molar-refractivity contribution in [3.63, 3.8) is 0 Å². The highest BCUT2D eigenvalue weighted by molar-refractivity contribution is 5.66. The molecule has 1 saturated heterocycles. The SMILES string of the molecule is COc1cc(-c2nc(CN3CCN(c4cccc(C)c4C)CC3)co2)cc(OC)c1OC. The van der Waals surface area contributed by atoms with E-state index in [0.29, 0.717) is 23.1 Å². The van der Waals surface area contributed by atoms with Gasteiger partial charge in [0.1, 0.15) is 6.26 Å². The highest BCUT2D eigenvalue weighted by atomic mass is 16.5. The van der Waals surface area contributed by atoms with Crippen LogP contribution >= 0.6 is 0 Å². The first kappa shape index (κ1) is 22.0. The van der Waals surface area contributed by atoms with Crippen LogP contribution in [0.3, 0.4) is 0 Å². The number of hydrogen-bond donors (Lipinski definition) is 0. The van der Waals surface area contributed by atoms with E-state index in [2.05, 4.69) is 41.8 Å². The average molecular weight is 438 g/mol. The van der Waals surface area contributed by atoms with E-state index in [9.17, 15) is 0 Å². The fourth-order valence-corrected chi connectivity index (χ4v) is 4.17. The van der Waals surface area contributed by atoms with E-state index in [1.807, 2.05) is 12.1 Å². The van der Waals surface area contributed by atoms with Gasteiger partial charge in [-0.2, -0.15) is 0 Å². The number of aromatic nitrogens is 1. The van der Waals surface area contributed by atoms with Crippen LogP contribution in [0.25, 0.3) is 11.5 Å². The molecule has 0 bridgehead atoms. The van der Waals surface area contributed by atoms with Crippen molar-refractivity contribution in [3.8, 4) is 28.7 Å². The minimum atomic E-state index is 0.535. The second-order valence-corrected chi connectivity index (χ2v) is 8.04. The maximum atomic E-state index is 5.78. The van der Waals surface area contributed by atoms with Gasteiger partial charge in [-0.1, -0.05) is 12.1 Å². The second-order valence-electron chi connectivity index (χ2n) is 8.04. The summed E-state index contributed by atoms with van der Waals surface area (Å²) in [6, 6.07) is 10.2. The number of nitrogens with zero attached hydrogens (tertiary/aromatic N) is 3. The van der Waals surface area contributed by atoms with Crippen molar-refractivity contribution in [2.24, 2.45) is 0 Å². The van der Waals surface area contributed by atoms with Crippen LogP contribution in [0.2, 0.25) is 0 Å². The third-order valence-corrected chi connectivity index (χ3v) is 6.14. The van der Waals surface area contributed by atoms with Gasteiger partial charge in [0.05, 0.1) is 27.0 Å². The predicted molar refractivity (Wildman–Crippen MR) is 125 cm³/mol. The Morgan fingerprint density at radius 2 is 1.62 bits per heavy atom. The molecule has 0 spiro atoms. The Labute approximate surface area is 189 Å². The molecule has 3 aromatic rings. The summed E-state index contributed by atoms with van der Waals surface area (Å²) in [6.45, 7) is 9.11. The number of ether oxygens (including phenoxy) is 3. The summed E-state index contributed by atoms with van der Waals surface area (Å²) < 4.78 is 22.1. The highest BCUT2D eigenvalue weighted by Gasteiger charge is 2.21. The zero-order chi connectivity index (χ0) is 22.7. The van der Waals surface area contributed by atoms with E-state index in [1.54, 1.807) is 27.6 Å². The largest absolute Gasteiger partial charge is 0.493 e. The first-order valence-corrected chi connectivity index (χ1v) is 10.8. The molecule has 1 fully saturated rings. The summed E-state index contributed by atoms with van der Waals surface area (Å²) in [5.74, 6) is 2.23. The Morgan fingerprint density at radius 1 is 0.938 bits per heavy atom. The van der Waals surface area contributed by atoms with Gasteiger partial charge in [-0.25, -0.2) is 4.98 Å². The third kappa shape index (κ3) is 4.39. The van der Waals surface area contributed by atoms with Crippen LogP contribution in [-0.4, -0.2) is 57.4 Å². The molecule has 1 aliphatic rings. The molecule has 2 aromatic carbocycles. The van der Waals surface area contributed by atoms with E-state index in [4.69, 9.17) is 23.6 Å². The number of oxazole rings is 1. The van der Waals surface area contributed by atoms with Gasteiger partial charge in [0.15, 0.2) is 11.5 Å². The second kappa shape index (κ2) is 9.53. The van der Waals surface area contributed by atoms with Gasteiger partial charge in [0, 0.05) is 44.0 Å². The van der Waals surface area contributed by atoms with Crippen molar-refractivity contribution in [2.75, 3.05) is 52.4 Å². The Bertz CT molecular complexity index is 1050. The Hall–Kier alpha value is -3.19. The van der Waals surface area contributed by atoms with Crippen LogP contribution < -0.4 is 19.1 Å². The molecule has 4 rings (SSSR count). The number of anilines is 1. The maximum Gasteiger partial charge on any atom is 0.226 e. The molecule has 7 heteroatoms. The average Bonchev–Trinajstić information content (AvgIpc) is 3.29. The van der Waals surface area contributed by atoms with E-state index in [1.165, 1.54) is 16.8 Å². The molecule has 0 aliphatic carbocycles. The zero-order valence-corrected chi connectivity index (χ0v) is 19.5. The van der Waals surface area contributed by atoms with Crippen molar-refractivity contribution in [1.82, 2.24) is 9.88 Å². The fourth-order valence-electron chi connectivity index (χ4n) is 4.17. The first-order valence-electron chi connectivity index (χ1n) is 10.8. The van der Waals surface area contributed by atoms with E-state index in [0.717, 1.165) is 44.0 Å². The lowest BCUT2D eigenvalue weighted by Crippen LogP contribution is -2.46. The van der Waals surface area contributed by atoms with Gasteiger partial charge >= 0.3 is 0 Å². The van der Waals surface area contributed by atoms with Crippen molar-refractivity contribution in [1.29, 1.82) is 0 Å². The van der Waals surface area contributed by atoms with Crippen molar-refractivity contribution in [3.05, 3.63) is 53.4 Å². The smallest absolute Gasteiger partial charge is 0.226 e. The Kier molecular flexibility index (Phi) is 6.55. The maximum absolute atomic E-state index is 5.78. The Balaban J connectivity index is 1.43. The molecular formula is C25H31N3O4. The number of piperazine rings is 1. The van der Waals surface area contributed by atoms with Crippen LogP contribution in [-0.2, 0) is 6.54 Å². The molecule has 0 N–H and O–H groups in total. The lowest BCUT2D eigenvalue weighted by atomic mass is 10.1. The molecule has 1 aromatic heterocycles. The zero-order valence-electron chi connectivity index (χ0n) is 19.5. The molecule has 2 heterocycles. The molecule has 0 unspecified atom stereocenters. The summed E-state index contributed by atoms with van der Waals surface area (Å²) in [6.07, 6.45) is 1.73. The lowest BCUT2D eigenvalue weighted by molar-refractivity contribution is 0.247. The standard InChI is InChI=1S/C25H31N3O4/c1-17-7-6-8-21(18(17)2)28-11-9-27(10-12-28)15-20-16-32-25(26-20)19-13-22(29-3)24(31-5)23(14-19)30-4/h6-8,13-14,16H,9-12,15H2,1-5H3. The van der Waals surface area contributed by atoms with Gasteiger partial charge in [0.25, 0.3) is 0 Å². The topological polar surface area (TPSA) is 60.2 Å². The van der Waals surface area contributed by atoms with Crippen LogP contribution in [0.15, 0.2) is 41.0 Å². The summed E-state index contributed by atoms with van der Waals surface area (Å²) in [7, 11) is 4.78. The number of benzene rings is 2. The van der Waals surface area contributed by atoms with Gasteiger partial charge < -0.3 is 23.5 Å². The molecule has 1 aliphatic heterocycles. The minimum Gasteiger partial charge on any atom is -0.493 e. The molecule has 7 nitrogen and oxygen atoms in total. The molecule has 170 valence electrons. The third-order valence-electron chi connectivity index (χ3n) is 6.14. The number of methoxy groups -OCH3 is 3. The molecule has 32 heavy (non-hydrogen) atoms. The molecule has 0 radical (unpaired) electrons. The highest BCUT2D eigenvalue weighted by Crippen LogP contribution is 2.41. The summed E-state index contributed by atoms with van der Waals surface area (Å²) in [4.78, 5) is 9.60. The minimum absolute atomic E-state index is 0.535. The number of rotatable bonds is 7. The Morgan fingerprint density at radius 3 is 2.25 bits per heavy atom. The molecule has 0 saturated carbocycles. The van der Waals surface area contributed by atoms with Crippen LogP contribution in [0.4, 0.5) is 5.69 Å². The number of aryl methyl sites for hydroxylation is 1. The summed E-state index contributed by atoms with van der Waals surface area (Å²) in [5.41, 5.74) is 5.74. The predicted octanol–water partition coefficient (Wildman–Crippen LogP) is 4.31. The van der Waals surface area contributed by atoms with Gasteiger partial charge in [0.2, 0.25) is 11.6 Å². The normalized spacial score (nSPS) is 14.5. The summed E-state index contributed by atoms with van der Waals surface area (Å²) in [5, 5.41) is 0. The van der Waals surface area contributed by atoms with Gasteiger partial charge in [-0.15, -0.1) is 0 Å². The van der Waals surface area contributed by atoms with E-state index >= 15 is 0 Å². The van der Waals surface area contributed by atoms with Crippen LogP contribution in [0.5, 0.6) is 17.2 Å². The monoisotopic (exact) mass is 437 g/mol. The van der Waals surface area contributed by atoms with Crippen LogP contribution in [0.1, 0.15) is 16.8 Å². The lowest BCUT2D eigenvalue weighted by Gasteiger charge is -2.36.